The van der Waals surface area contributed by atoms with E-state index in [0.29, 0.717) is 17.2 Å². The highest BCUT2D eigenvalue weighted by molar-refractivity contribution is 8.38. The second kappa shape index (κ2) is 6.26. The number of amides is 2. The van der Waals surface area contributed by atoms with Crippen LogP contribution in [0.25, 0.3) is 0 Å². The van der Waals surface area contributed by atoms with Gasteiger partial charge in [-0.25, -0.2) is 0 Å². The van der Waals surface area contributed by atoms with Gasteiger partial charge >= 0.3 is 0 Å². The van der Waals surface area contributed by atoms with E-state index in [-0.39, 0.29) is 29.5 Å². The molecular weight excluding hydrogens is 282 g/mol. The molecule has 1 aliphatic heterocycles. The lowest BCUT2D eigenvalue weighted by Crippen LogP contribution is -2.31. The molecule has 0 radical (unpaired) electrons. The highest BCUT2D eigenvalue weighted by atomic mass is 32.2. The maximum absolute atomic E-state index is 12.2. The van der Waals surface area contributed by atoms with Crippen molar-refractivity contribution < 1.29 is 9.59 Å². The molecule has 7 heteroatoms. The fourth-order valence-corrected chi connectivity index (χ4v) is 3.65. The Labute approximate surface area is 120 Å². The van der Waals surface area contributed by atoms with Crippen LogP contribution in [0.15, 0.2) is 17.1 Å². The lowest BCUT2D eigenvalue weighted by Gasteiger charge is -2.14. The Morgan fingerprint density at radius 1 is 1.42 bits per heavy atom. The number of nitrogens with zero attached hydrogens (tertiary/aromatic N) is 3. The van der Waals surface area contributed by atoms with Gasteiger partial charge in [0.1, 0.15) is 4.38 Å². The summed E-state index contributed by atoms with van der Waals surface area (Å²) >= 11 is 2.59. The van der Waals surface area contributed by atoms with Gasteiger partial charge in [0.05, 0.1) is 17.7 Å². The van der Waals surface area contributed by atoms with E-state index < -0.39 is 0 Å². The van der Waals surface area contributed by atoms with Crippen LogP contribution in [0, 0.1) is 23.3 Å². The standard InChI is InChI=1S/C12H13N3O2S2/c1-18-12(14-6-13)19-7-15-10(16)8-4-2-3-5-9(8)11(15)17/h2-3,8-9H,4-5,7H2,1H3/t8-,9-/m0/s1. The molecule has 0 spiro atoms. The van der Waals surface area contributed by atoms with Crippen molar-refractivity contribution in [1.29, 1.82) is 5.26 Å². The summed E-state index contributed by atoms with van der Waals surface area (Å²) in [6.45, 7) is 0. The Kier molecular flexibility index (Phi) is 4.66. The van der Waals surface area contributed by atoms with Crippen LogP contribution in [-0.2, 0) is 9.59 Å². The van der Waals surface area contributed by atoms with Crippen LogP contribution in [-0.4, -0.2) is 33.2 Å². The van der Waals surface area contributed by atoms with Gasteiger partial charge in [-0.2, -0.15) is 10.3 Å². The number of fused-ring (bicyclic) bond motifs is 1. The maximum Gasteiger partial charge on any atom is 0.234 e. The highest BCUT2D eigenvalue weighted by Crippen LogP contribution is 2.36. The first-order valence-electron chi connectivity index (χ1n) is 5.82. The first-order valence-corrected chi connectivity index (χ1v) is 8.04. The van der Waals surface area contributed by atoms with Gasteiger partial charge in [-0.05, 0) is 19.1 Å². The molecule has 0 N–H and O–H groups in total. The van der Waals surface area contributed by atoms with E-state index in [4.69, 9.17) is 5.26 Å². The van der Waals surface area contributed by atoms with Gasteiger partial charge in [0.25, 0.3) is 0 Å². The van der Waals surface area contributed by atoms with Crippen molar-refractivity contribution in [3.05, 3.63) is 12.2 Å². The van der Waals surface area contributed by atoms with E-state index in [1.54, 1.807) is 12.4 Å². The van der Waals surface area contributed by atoms with Crippen LogP contribution in [0.3, 0.4) is 0 Å². The summed E-state index contributed by atoms with van der Waals surface area (Å²) in [6, 6.07) is 0. The van der Waals surface area contributed by atoms with Crippen molar-refractivity contribution in [2.24, 2.45) is 16.8 Å². The van der Waals surface area contributed by atoms with Crippen LogP contribution >= 0.6 is 23.5 Å². The average molecular weight is 295 g/mol. The Morgan fingerprint density at radius 2 is 2.00 bits per heavy atom. The molecule has 5 nitrogen and oxygen atoms in total. The van der Waals surface area contributed by atoms with Crippen LogP contribution in [0.2, 0.25) is 0 Å². The third-order valence-electron chi connectivity index (χ3n) is 3.23. The topological polar surface area (TPSA) is 73.5 Å². The van der Waals surface area contributed by atoms with Gasteiger partial charge in [0.15, 0.2) is 0 Å². The minimum absolute atomic E-state index is 0.0933. The summed E-state index contributed by atoms with van der Waals surface area (Å²) in [4.78, 5) is 29.2. The van der Waals surface area contributed by atoms with E-state index in [9.17, 15) is 9.59 Å². The zero-order chi connectivity index (χ0) is 13.8. The van der Waals surface area contributed by atoms with Crippen molar-refractivity contribution in [3.8, 4) is 6.19 Å². The summed E-state index contributed by atoms with van der Waals surface area (Å²) in [6.07, 6.45) is 8.75. The summed E-state index contributed by atoms with van der Waals surface area (Å²) in [5.74, 6) is -0.326. The molecule has 1 aliphatic carbocycles. The molecule has 0 aromatic carbocycles. The molecule has 1 heterocycles. The van der Waals surface area contributed by atoms with E-state index in [2.05, 4.69) is 4.99 Å². The number of allylic oxidation sites excluding steroid dienone is 2. The molecule has 2 amide bonds. The number of nitriles is 1. The molecule has 0 bridgehead atoms. The fraction of sp³-hybridized carbons (Fsp3) is 0.500. The summed E-state index contributed by atoms with van der Waals surface area (Å²) in [5.41, 5.74) is 0. The normalized spacial score (nSPS) is 26.5. The second-order valence-electron chi connectivity index (χ2n) is 4.22. The first-order chi connectivity index (χ1) is 9.19. The number of hydrogen-bond donors (Lipinski definition) is 0. The minimum Gasteiger partial charge on any atom is -0.274 e. The summed E-state index contributed by atoms with van der Waals surface area (Å²) < 4.78 is 0.566. The number of aliphatic imine (C=N–C) groups is 1. The Balaban J connectivity index is 2.02. The van der Waals surface area contributed by atoms with Gasteiger partial charge in [0, 0.05) is 0 Å². The zero-order valence-electron chi connectivity index (χ0n) is 10.4. The Bertz CT molecular complexity index is 470. The quantitative estimate of drug-likeness (QED) is 0.255. The molecule has 1 fully saturated rings. The number of carbonyl (C=O) groups is 2. The molecule has 2 rings (SSSR count). The molecule has 0 unspecified atom stereocenters. The number of hydrogen-bond acceptors (Lipinski definition) is 6. The molecule has 100 valence electrons. The summed E-state index contributed by atoms with van der Waals surface area (Å²) in [5, 5.41) is 8.51. The van der Waals surface area contributed by atoms with Gasteiger partial charge in [-0.3, -0.25) is 14.5 Å². The number of carbonyl (C=O) groups excluding carboxylic acids is 2. The third-order valence-corrected chi connectivity index (χ3v) is 5.25. The second-order valence-corrected chi connectivity index (χ2v) is 6.20. The smallest absolute Gasteiger partial charge is 0.234 e. The first kappa shape index (κ1) is 14.2. The van der Waals surface area contributed by atoms with Crippen LogP contribution in [0.4, 0.5) is 0 Å². The zero-order valence-corrected chi connectivity index (χ0v) is 12.0. The Morgan fingerprint density at radius 3 is 2.47 bits per heavy atom. The van der Waals surface area contributed by atoms with Crippen molar-refractivity contribution >= 4 is 39.7 Å². The number of imide groups is 1. The van der Waals surface area contributed by atoms with E-state index >= 15 is 0 Å². The van der Waals surface area contributed by atoms with Crippen LogP contribution in [0.1, 0.15) is 12.8 Å². The maximum atomic E-state index is 12.2. The van der Waals surface area contributed by atoms with Crippen molar-refractivity contribution in [2.75, 3.05) is 12.1 Å². The molecular formula is C12H13N3O2S2. The molecule has 2 atom stereocenters. The largest absolute Gasteiger partial charge is 0.274 e. The van der Waals surface area contributed by atoms with Crippen molar-refractivity contribution in [3.63, 3.8) is 0 Å². The van der Waals surface area contributed by atoms with Crippen LogP contribution in [0.5, 0.6) is 0 Å². The van der Waals surface area contributed by atoms with E-state index in [1.165, 1.54) is 28.4 Å². The number of likely N-dealkylation sites (tertiary alicyclic amines) is 1. The van der Waals surface area contributed by atoms with Gasteiger partial charge < -0.3 is 0 Å². The molecule has 19 heavy (non-hydrogen) atoms. The predicted octanol–water partition coefficient (Wildman–Crippen LogP) is 1.83. The van der Waals surface area contributed by atoms with E-state index in [0.717, 1.165) is 0 Å². The van der Waals surface area contributed by atoms with E-state index in [1.807, 2.05) is 12.2 Å². The average Bonchev–Trinajstić information content (AvgIpc) is 2.68. The van der Waals surface area contributed by atoms with Crippen molar-refractivity contribution in [2.45, 2.75) is 12.8 Å². The lowest BCUT2D eigenvalue weighted by atomic mass is 9.85. The molecule has 2 aliphatic rings. The number of thioether (sulfide) groups is 2. The molecule has 0 saturated carbocycles. The monoisotopic (exact) mass is 295 g/mol. The lowest BCUT2D eigenvalue weighted by molar-refractivity contribution is -0.138. The SMILES string of the molecule is CSC(=NC#N)SCN1C(=O)[C@H]2CC=CC[C@@H]2C1=O. The van der Waals surface area contributed by atoms with Gasteiger partial charge in [-0.1, -0.05) is 23.9 Å². The predicted molar refractivity (Wildman–Crippen MR) is 76.2 cm³/mol. The molecule has 1 saturated heterocycles. The summed E-state index contributed by atoms with van der Waals surface area (Å²) in [7, 11) is 0. The molecule has 0 aromatic heterocycles. The van der Waals surface area contributed by atoms with Crippen LogP contribution < -0.4 is 0 Å². The minimum atomic E-state index is -0.191. The fourth-order valence-electron chi connectivity index (χ4n) is 2.29. The van der Waals surface area contributed by atoms with Gasteiger partial charge in [0.2, 0.25) is 18.0 Å². The highest BCUT2D eigenvalue weighted by Gasteiger charge is 2.47. The van der Waals surface area contributed by atoms with Gasteiger partial charge in [-0.15, -0.1) is 11.8 Å². The third kappa shape index (κ3) is 2.85. The number of rotatable bonds is 2. The molecule has 0 aromatic rings. The van der Waals surface area contributed by atoms with Crippen molar-refractivity contribution in [1.82, 2.24) is 4.90 Å². The Hall–Kier alpha value is -1.26.